The molecule has 0 aliphatic heterocycles. The Morgan fingerprint density at radius 1 is 1.33 bits per heavy atom. The van der Waals surface area contributed by atoms with E-state index in [1.165, 1.54) is 12.8 Å². The van der Waals surface area contributed by atoms with E-state index in [-0.39, 0.29) is 6.03 Å². The van der Waals surface area contributed by atoms with Crippen molar-refractivity contribution in [3.63, 3.8) is 0 Å². The Morgan fingerprint density at radius 3 is 2.67 bits per heavy atom. The predicted molar refractivity (Wildman–Crippen MR) is 73.4 cm³/mol. The molecule has 0 spiro atoms. The fourth-order valence-corrected chi connectivity index (χ4v) is 3.18. The Bertz CT molecular complexity index is 327. The molecule has 2 N–H and O–H groups in total. The van der Waals surface area contributed by atoms with Gasteiger partial charge < -0.3 is 15.5 Å². The maximum absolute atomic E-state index is 11.3. The summed E-state index contributed by atoms with van der Waals surface area (Å²) in [4.78, 5) is 12.9. The van der Waals surface area contributed by atoms with Gasteiger partial charge in [-0.25, -0.2) is 4.79 Å². The molecule has 2 amide bonds. The molecular weight excluding hydrogens is 226 g/mol. The van der Waals surface area contributed by atoms with Crippen molar-refractivity contribution in [3.05, 3.63) is 12.2 Å². The summed E-state index contributed by atoms with van der Waals surface area (Å²) in [5, 5.41) is 6.41. The van der Waals surface area contributed by atoms with Crippen LogP contribution in [0, 0.1) is 17.8 Å². The molecule has 0 heterocycles. The van der Waals surface area contributed by atoms with E-state index in [1.54, 1.807) is 19.0 Å². The van der Waals surface area contributed by atoms with Gasteiger partial charge in [0, 0.05) is 33.2 Å². The molecule has 1 saturated carbocycles. The van der Waals surface area contributed by atoms with E-state index in [0.29, 0.717) is 12.6 Å². The minimum atomic E-state index is -0.0210. The van der Waals surface area contributed by atoms with Crippen molar-refractivity contribution in [2.75, 3.05) is 27.2 Å². The van der Waals surface area contributed by atoms with E-state index in [4.69, 9.17) is 0 Å². The molecule has 4 unspecified atom stereocenters. The number of nitrogens with zero attached hydrogens (tertiary/aromatic N) is 1. The number of carbonyl (C=O) groups excluding carboxylic acids is 1. The van der Waals surface area contributed by atoms with Crippen LogP contribution in [0.15, 0.2) is 12.2 Å². The molecular formula is C14H25N3O. The largest absolute Gasteiger partial charge is 0.337 e. The first-order valence-electron chi connectivity index (χ1n) is 6.94. The summed E-state index contributed by atoms with van der Waals surface area (Å²) in [5.74, 6) is 2.40. The van der Waals surface area contributed by atoms with Crippen molar-refractivity contribution in [2.24, 2.45) is 17.8 Å². The van der Waals surface area contributed by atoms with Gasteiger partial charge in [0.15, 0.2) is 0 Å². The van der Waals surface area contributed by atoms with E-state index in [9.17, 15) is 4.79 Å². The molecule has 0 saturated heterocycles. The van der Waals surface area contributed by atoms with Crippen LogP contribution >= 0.6 is 0 Å². The van der Waals surface area contributed by atoms with Crippen LogP contribution in [0.3, 0.4) is 0 Å². The highest BCUT2D eigenvalue weighted by Gasteiger charge is 2.38. The van der Waals surface area contributed by atoms with Gasteiger partial charge in [0.2, 0.25) is 0 Å². The molecule has 2 rings (SSSR count). The Hall–Kier alpha value is -1.03. The fourth-order valence-electron chi connectivity index (χ4n) is 3.18. The maximum Gasteiger partial charge on any atom is 0.316 e. The molecule has 2 aliphatic carbocycles. The highest BCUT2D eigenvalue weighted by Crippen LogP contribution is 2.44. The van der Waals surface area contributed by atoms with Crippen molar-refractivity contribution in [2.45, 2.75) is 25.8 Å². The van der Waals surface area contributed by atoms with E-state index >= 15 is 0 Å². The first-order chi connectivity index (χ1) is 8.58. The van der Waals surface area contributed by atoms with E-state index < -0.39 is 0 Å². The van der Waals surface area contributed by atoms with Crippen LogP contribution in [0.25, 0.3) is 0 Å². The number of carbonyl (C=O) groups is 1. The fraction of sp³-hybridized carbons (Fsp3) is 0.786. The minimum absolute atomic E-state index is 0.0210. The summed E-state index contributed by atoms with van der Waals surface area (Å²) in [7, 11) is 3.51. The third-order valence-electron chi connectivity index (χ3n) is 4.25. The van der Waals surface area contributed by atoms with E-state index in [0.717, 1.165) is 24.3 Å². The predicted octanol–water partition coefficient (Wildman–Crippen LogP) is 1.45. The summed E-state index contributed by atoms with van der Waals surface area (Å²) in [6.45, 7) is 3.81. The molecule has 1 fully saturated rings. The molecule has 2 bridgehead atoms. The van der Waals surface area contributed by atoms with Crippen LogP contribution in [-0.4, -0.2) is 44.2 Å². The first kappa shape index (κ1) is 13.4. The Morgan fingerprint density at radius 2 is 2.11 bits per heavy atom. The van der Waals surface area contributed by atoms with Gasteiger partial charge in [0.05, 0.1) is 0 Å². The van der Waals surface area contributed by atoms with Crippen LogP contribution in [0.2, 0.25) is 0 Å². The van der Waals surface area contributed by atoms with Crippen LogP contribution < -0.4 is 10.6 Å². The highest BCUT2D eigenvalue weighted by molar-refractivity contribution is 5.73. The summed E-state index contributed by atoms with van der Waals surface area (Å²) in [6, 6.07) is 0.522. The van der Waals surface area contributed by atoms with Gasteiger partial charge in [-0.05, 0) is 37.5 Å². The molecule has 18 heavy (non-hydrogen) atoms. The zero-order valence-electron chi connectivity index (χ0n) is 11.6. The lowest BCUT2D eigenvalue weighted by atomic mass is 9.87. The Labute approximate surface area is 110 Å². The van der Waals surface area contributed by atoms with Crippen LogP contribution in [0.5, 0.6) is 0 Å². The van der Waals surface area contributed by atoms with Crippen molar-refractivity contribution in [1.29, 1.82) is 0 Å². The highest BCUT2D eigenvalue weighted by atomic mass is 16.2. The summed E-state index contributed by atoms with van der Waals surface area (Å²) < 4.78 is 0. The number of fused-ring (bicyclic) bond motifs is 2. The molecule has 0 aromatic heterocycles. The Kier molecular flexibility index (Phi) is 4.27. The number of allylic oxidation sites excluding steroid dienone is 2. The van der Waals surface area contributed by atoms with Crippen LogP contribution in [-0.2, 0) is 0 Å². The molecule has 4 heteroatoms. The summed E-state index contributed by atoms with van der Waals surface area (Å²) in [6.07, 6.45) is 7.46. The van der Waals surface area contributed by atoms with E-state index in [1.807, 2.05) is 0 Å². The molecule has 2 aliphatic rings. The number of hydrogen-bond acceptors (Lipinski definition) is 2. The number of nitrogens with one attached hydrogen (secondary N) is 2. The molecule has 4 atom stereocenters. The van der Waals surface area contributed by atoms with E-state index in [2.05, 4.69) is 29.7 Å². The smallest absolute Gasteiger partial charge is 0.316 e. The average Bonchev–Trinajstić information content (AvgIpc) is 2.95. The van der Waals surface area contributed by atoms with Crippen molar-refractivity contribution >= 4 is 6.03 Å². The number of hydrogen-bond donors (Lipinski definition) is 2. The first-order valence-corrected chi connectivity index (χ1v) is 6.94. The summed E-state index contributed by atoms with van der Waals surface area (Å²) >= 11 is 0. The van der Waals surface area contributed by atoms with Crippen molar-refractivity contribution < 1.29 is 4.79 Å². The number of rotatable bonds is 5. The molecule has 102 valence electrons. The van der Waals surface area contributed by atoms with Gasteiger partial charge >= 0.3 is 6.03 Å². The third kappa shape index (κ3) is 3.05. The quantitative estimate of drug-likeness (QED) is 0.574. The third-order valence-corrected chi connectivity index (χ3v) is 4.25. The second-order valence-electron chi connectivity index (χ2n) is 5.81. The molecule has 0 radical (unpaired) electrons. The lowest BCUT2D eigenvalue weighted by molar-refractivity contribution is 0.217. The maximum atomic E-state index is 11.3. The van der Waals surface area contributed by atoms with Crippen LogP contribution in [0.1, 0.15) is 19.8 Å². The van der Waals surface area contributed by atoms with Gasteiger partial charge in [0.25, 0.3) is 0 Å². The summed E-state index contributed by atoms with van der Waals surface area (Å²) in [5.41, 5.74) is 0. The average molecular weight is 251 g/mol. The van der Waals surface area contributed by atoms with Gasteiger partial charge in [-0.1, -0.05) is 12.2 Å². The van der Waals surface area contributed by atoms with Gasteiger partial charge in [-0.3, -0.25) is 0 Å². The lowest BCUT2D eigenvalue weighted by Crippen LogP contribution is -2.42. The lowest BCUT2D eigenvalue weighted by Gasteiger charge is -2.26. The van der Waals surface area contributed by atoms with Crippen LogP contribution in [0.4, 0.5) is 4.79 Å². The van der Waals surface area contributed by atoms with Gasteiger partial charge in [-0.15, -0.1) is 0 Å². The zero-order chi connectivity index (χ0) is 13.1. The molecule has 4 nitrogen and oxygen atoms in total. The zero-order valence-corrected chi connectivity index (χ0v) is 11.6. The van der Waals surface area contributed by atoms with Crippen molar-refractivity contribution in [1.82, 2.24) is 15.5 Å². The van der Waals surface area contributed by atoms with Gasteiger partial charge in [-0.2, -0.15) is 0 Å². The Balaban J connectivity index is 1.62. The van der Waals surface area contributed by atoms with Gasteiger partial charge in [0.1, 0.15) is 0 Å². The standard InChI is InChI=1S/C14H25N3O/c1-10(13-9-11-4-5-12(13)8-11)15-6-7-16-14(18)17(2)3/h4-5,10-13,15H,6-9H2,1-3H3,(H,16,18). The second kappa shape index (κ2) is 5.74. The van der Waals surface area contributed by atoms with Crippen molar-refractivity contribution in [3.8, 4) is 0 Å². The molecule has 0 aromatic rings. The second-order valence-corrected chi connectivity index (χ2v) is 5.81. The number of amides is 2. The SMILES string of the molecule is CC(NCCNC(=O)N(C)C)C1CC2C=CC1C2. The minimum Gasteiger partial charge on any atom is -0.337 e. The molecule has 0 aromatic carbocycles. The number of urea groups is 1. The monoisotopic (exact) mass is 251 g/mol. The normalized spacial score (nSPS) is 30.5. The topological polar surface area (TPSA) is 44.4 Å².